The highest BCUT2D eigenvalue weighted by atomic mass is 16.2. The van der Waals surface area contributed by atoms with Gasteiger partial charge in [0.05, 0.1) is 11.3 Å². The molecule has 0 unspecified atom stereocenters. The van der Waals surface area contributed by atoms with Crippen molar-refractivity contribution in [1.29, 1.82) is 0 Å². The first-order valence-corrected chi connectivity index (χ1v) is 11.2. The molecule has 1 saturated carbocycles. The van der Waals surface area contributed by atoms with Crippen molar-refractivity contribution in [3.8, 4) is 0 Å². The highest BCUT2D eigenvalue weighted by Gasteiger charge is 2.25. The van der Waals surface area contributed by atoms with Crippen molar-refractivity contribution in [2.24, 2.45) is 5.92 Å². The van der Waals surface area contributed by atoms with Gasteiger partial charge in [0.2, 0.25) is 5.91 Å². The van der Waals surface area contributed by atoms with Gasteiger partial charge in [-0.05, 0) is 37.8 Å². The third-order valence-electron chi connectivity index (χ3n) is 6.64. The lowest BCUT2D eigenvalue weighted by Gasteiger charge is -2.34. The number of piperazine rings is 1. The third kappa shape index (κ3) is 4.16. The number of fused-ring (bicyclic) bond motifs is 1. The summed E-state index contributed by atoms with van der Waals surface area (Å²) in [4.78, 5) is 35.3. The number of aryl methyl sites for hydroxylation is 1. The van der Waals surface area contributed by atoms with Crippen LogP contribution < -0.4 is 4.90 Å². The fourth-order valence-electron chi connectivity index (χ4n) is 4.99. The highest BCUT2D eigenvalue weighted by molar-refractivity contribution is 5.94. The molecule has 2 aromatic heterocycles. The van der Waals surface area contributed by atoms with Crippen molar-refractivity contribution in [2.45, 2.75) is 46.0 Å². The molecule has 4 rings (SSSR count). The van der Waals surface area contributed by atoms with Gasteiger partial charge in [-0.3, -0.25) is 14.0 Å². The first-order chi connectivity index (χ1) is 14.4. The normalized spacial score (nSPS) is 18.1. The van der Waals surface area contributed by atoms with E-state index in [-0.39, 0.29) is 11.8 Å². The number of carbonyl (C=O) groups is 2. The van der Waals surface area contributed by atoms with Crippen molar-refractivity contribution < 1.29 is 9.59 Å². The van der Waals surface area contributed by atoms with Gasteiger partial charge in [0.1, 0.15) is 11.5 Å². The predicted octanol–water partition coefficient (Wildman–Crippen LogP) is 2.96. The van der Waals surface area contributed by atoms with Gasteiger partial charge < -0.3 is 14.7 Å². The molecule has 0 N–H and O–H groups in total. The van der Waals surface area contributed by atoms with E-state index in [1.165, 1.54) is 32.1 Å². The van der Waals surface area contributed by atoms with Crippen molar-refractivity contribution in [3.63, 3.8) is 0 Å². The number of hydrogen-bond acceptors (Lipinski definition) is 4. The molecule has 0 bridgehead atoms. The molecule has 3 heterocycles. The van der Waals surface area contributed by atoms with Crippen LogP contribution in [0.25, 0.3) is 5.65 Å². The number of pyridine rings is 1. The standard InChI is InChI=1S/C23H33N5O2/c1-17-22(25(3)15-19-7-5-4-6-8-19)28-16-20(9-10-21(28)24-17)23(30)27-13-11-26(12-14-27)18(2)29/h9-10,16,19H,4-8,11-15H2,1-3H3. The quantitative estimate of drug-likeness (QED) is 0.776. The van der Waals surface area contributed by atoms with Crippen LogP contribution in [0.15, 0.2) is 18.3 Å². The Bertz CT molecular complexity index is 923. The van der Waals surface area contributed by atoms with E-state index in [0.717, 1.165) is 29.6 Å². The number of nitrogens with zero attached hydrogens (tertiary/aromatic N) is 5. The van der Waals surface area contributed by atoms with Crippen molar-refractivity contribution in [2.75, 3.05) is 44.7 Å². The van der Waals surface area contributed by atoms with Gasteiger partial charge in [-0.1, -0.05) is 19.3 Å². The van der Waals surface area contributed by atoms with Crippen LogP contribution in [-0.2, 0) is 4.79 Å². The maximum Gasteiger partial charge on any atom is 0.255 e. The van der Waals surface area contributed by atoms with Gasteiger partial charge in [0, 0.05) is 52.9 Å². The fraction of sp³-hybridized carbons (Fsp3) is 0.609. The molecule has 0 radical (unpaired) electrons. The molecule has 7 heteroatoms. The molecule has 2 aliphatic rings. The van der Waals surface area contributed by atoms with E-state index < -0.39 is 0 Å². The minimum Gasteiger partial charge on any atom is -0.359 e. The number of hydrogen-bond donors (Lipinski definition) is 0. The van der Waals surface area contributed by atoms with Crippen molar-refractivity contribution >= 4 is 23.3 Å². The van der Waals surface area contributed by atoms with Gasteiger partial charge in [0.25, 0.3) is 5.91 Å². The zero-order valence-corrected chi connectivity index (χ0v) is 18.4. The minimum atomic E-state index is 0.0207. The van der Waals surface area contributed by atoms with E-state index in [9.17, 15) is 9.59 Å². The zero-order valence-electron chi connectivity index (χ0n) is 18.4. The zero-order chi connectivity index (χ0) is 21.3. The molecule has 1 aliphatic heterocycles. The Balaban J connectivity index is 1.54. The average Bonchev–Trinajstić information content (AvgIpc) is 3.09. The largest absolute Gasteiger partial charge is 0.359 e. The molecule has 0 atom stereocenters. The van der Waals surface area contributed by atoms with Crippen molar-refractivity contribution in [3.05, 3.63) is 29.6 Å². The molecule has 2 aromatic rings. The summed E-state index contributed by atoms with van der Waals surface area (Å²) in [6.45, 7) is 7.01. The topological polar surface area (TPSA) is 61.2 Å². The van der Waals surface area contributed by atoms with Crippen LogP contribution in [0, 0.1) is 12.8 Å². The first-order valence-electron chi connectivity index (χ1n) is 11.2. The van der Waals surface area contributed by atoms with Gasteiger partial charge in [-0.2, -0.15) is 0 Å². The Morgan fingerprint density at radius 2 is 1.73 bits per heavy atom. The van der Waals surface area contributed by atoms with Crippen LogP contribution in [0.4, 0.5) is 5.82 Å². The third-order valence-corrected chi connectivity index (χ3v) is 6.64. The molecular weight excluding hydrogens is 378 g/mol. The smallest absolute Gasteiger partial charge is 0.255 e. The summed E-state index contributed by atoms with van der Waals surface area (Å²) in [6.07, 6.45) is 8.56. The van der Waals surface area contributed by atoms with Crippen LogP contribution in [0.5, 0.6) is 0 Å². The molecule has 162 valence electrons. The number of aromatic nitrogens is 2. The van der Waals surface area contributed by atoms with E-state index in [1.807, 2.05) is 30.2 Å². The van der Waals surface area contributed by atoms with Crippen LogP contribution in [-0.4, -0.2) is 70.8 Å². The molecule has 1 aliphatic carbocycles. The number of anilines is 1. The van der Waals surface area contributed by atoms with Gasteiger partial charge >= 0.3 is 0 Å². The Morgan fingerprint density at radius 1 is 1.07 bits per heavy atom. The van der Waals surface area contributed by atoms with E-state index in [2.05, 4.69) is 16.3 Å². The summed E-state index contributed by atoms with van der Waals surface area (Å²) in [6, 6.07) is 3.80. The SMILES string of the molecule is CC(=O)N1CCN(C(=O)c2ccc3nc(C)c(N(C)CC4CCCCC4)n3c2)CC1. The molecule has 0 spiro atoms. The highest BCUT2D eigenvalue weighted by Crippen LogP contribution is 2.28. The molecular formula is C23H33N5O2. The summed E-state index contributed by atoms with van der Waals surface area (Å²) in [5, 5.41) is 0. The second-order valence-corrected chi connectivity index (χ2v) is 8.85. The Hall–Kier alpha value is -2.57. The average molecular weight is 412 g/mol. The van der Waals surface area contributed by atoms with Crippen LogP contribution in [0.3, 0.4) is 0 Å². The van der Waals surface area contributed by atoms with E-state index in [1.54, 1.807) is 11.8 Å². The molecule has 2 amide bonds. The minimum absolute atomic E-state index is 0.0207. The van der Waals surface area contributed by atoms with Crippen molar-refractivity contribution in [1.82, 2.24) is 19.2 Å². The molecule has 30 heavy (non-hydrogen) atoms. The molecule has 1 saturated heterocycles. The van der Waals surface area contributed by atoms with Gasteiger partial charge in [0.15, 0.2) is 0 Å². The maximum atomic E-state index is 13.1. The predicted molar refractivity (Wildman–Crippen MR) is 118 cm³/mol. The Morgan fingerprint density at radius 3 is 2.40 bits per heavy atom. The lowest BCUT2D eigenvalue weighted by Crippen LogP contribution is -2.50. The second-order valence-electron chi connectivity index (χ2n) is 8.85. The number of amides is 2. The van der Waals surface area contributed by atoms with Crippen LogP contribution >= 0.6 is 0 Å². The fourth-order valence-corrected chi connectivity index (χ4v) is 4.99. The number of rotatable bonds is 4. The Labute approximate surface area is 178 Å². The summed E-state index contributed by atoms with van der Waals surface area (Å²) >= 11 is 0. The molecule has 7 nitrogen and oxygen atoms in total. The van der Waals surface area contributed by atoms with Gasteiger partial charge in [-0.25, -0.2) is 4.98 Å². The monoisotopic (exact) mass is 411 g/mol. The van der Waals surface area contributed by atoms with Crippen LogP contribution in [0.1, 0.15) is 55.1 Å². The summed E-state index contributed by atoms with van der Waals surface area (Å²) < 4.78 is 2.07. The first kappa shape index (κ1) is 20.7. The number of carbonyl (C=O) groups excluding carboxylic acids is 2. The van der Waals surface area contributed by atoms with E-state index >= 15 is 0 Å². The second kappa shape index (κ2) is 8.66. The summed E-state index contributed by atoms with van der Waals surface area (Å²) in [5.74, 6) is 1.90. The lowest BCUT2D eigenvalue weighted by molar-refractivity contribution is -0.130. The van der Waals surface area contributed by atoms with Gasteiger partial charge in [-0.15, -0.1) is 0 Å². The molecule has 0 aromatic carbocycles. The Kier molecular flexibility index (Phi) is 5.97. The van der Waals surface area contributed by atoms with Crippen LogP contribution in [0.2, 0.25) is 0 Å². The maximum absolute atomic E-state index is 13.1. The summed E-state index contributed by atoms with van der Waals surface area (Å²) in [5.41, 5.74) is 2.53. The lowest BCUT2D eigenvalue weighted by atomic mass is 9.89. The number of imidazole rings is 1. The van der Waals surface area contributed by atoms with E-state index in [0.29, 0.717) is 31.7 Å². The molecule has 2 fully saturated rings. The summed E-state index contributed by atoms with van der Waals surface area (Å²) in [7, 11) is 2.14. The van der Waals surface area contributed by atoms with E-state index in [4.69, 9.17) is 4.98 Å².